The number of aromatic nitrogens is 2. The zero-order valence-corrected chi connectivity index (χ0v) is 21.0. The Morgan fingerprint density at radius 3 is 2.51 bits per heavy atom. The SMILES string of the molecule is COc1cc(O[N+]2(C(=O)OC(C)(C)C)CCCCC2)c2c(Nc3ccc(F)c(Cl)c3)ncnc2c1. The van der Waals surface area contributed by atoms with Gasteiger partial charge in [0, 0.05) is 30.7 Å². The monoisotopic (exact) mass is 503 g/mol. The van der Waals surface area contributed by atoms with Crippen molar-refractivity contribution in [2.45, 2.75) is 45.6 Å². The van der Waals surface area contributed by atoms with Gasteiger partial charge < -0.3 is 19.6 Å². The Morgan fingerprint density at radius 1 is 1.11 bits per heavy atom. The second kappa shape index (κ2) is 9.83. The molecule has 10 heteroatoms. The number of nitrogens with zero attached hydrogens (tertiary/aromatic N) is 3. The molecule has 1 aromatic heterocycles. The Bertz CT molecular complexity index is 1240. The minimum Gasteiger partial charge on any atom is -0.497 e. The molecule has 8 nitrogen and oxygen atoms in total. The Morgan fingerprint density at radius 2 is 1.86 bits per heavy atom. The van der Waals surface area contributed by atoms with Gasteiger partial charge >= 0.3 is 6.09 Å². The largest absolute Gasteiger partial charge is 0.559 e. The van der Waals surface area contributed by atoms with Gasteiger partial charge in [-0.3, -0.25) is 0 Å². The van der Waals surface area contributed by atoms with Crippen LogP contribution >= 0.6 is 11.6 Å². The van der Waals surface area contributed by atoms with Gasteiger partial charge in [0.15, 0.2) is 0 Å². The van der Waals surface area contributed by atoms with E-state index in [1.54, 1.807) is 25.3 Å². The highest BCUT2D eigenvalue weighted by Crippen LogP contribution is 2.38. The lowest BCUT2D eigenvalue weighted by Gasteiger charge is -2.36. The number of ether oxygens (including phenoxy) is 2. The Balaban J connectivity index is 1.81. The topological polar surface area (TPSA) is 82.6 Å². The van der Waals surface area contributed by atoms with Crippen LogP contribution in [0.3, 0.4) is 0 Å². The average Bonchev–Trinajstić information content (AvgIpc) is 2.81. The predicted octanol–water partition coefficient (Wildman–Crippen LogP) is 6.40. The number of halogens is 2. The maximum absolute atomic E-state index is 13.7. The molecule has 186 valence electrons. The van der Waals surface area contributed by atoms with Crippen molar-refractivity contribution in [2.24, 2.45) is 0 Å². The summed E-state index contributed by atoms with van der Waals surface area (Å²) in [5, 5.41) is 3.69. The van der Waals surface area contributed by atoms with Crippen molar-refractivity contribution in [3.8, 4) is 11.5 Å². The van der Waals surface area contributed by atoms with Gasteiger partial charge in [-0.25, -0.2) is 14.4 Å². The quantitative estimate of drug-likeness (QED) is 0.403. The van der Waals surface area contributed by atoms with Crippen LogP contribution in [0.25, 0.3) is 10.9 Å². The molecule has 1 N–H and O–H groups in total. The number of hydrogen-bond donors (Lipinski definition) is 1. The summed E-state index contributed by atoms with van der Waals surface area (Å²) in [7, 11) is 1.55. The maximum atomic E-state index is 13.7. The highest BCUT2D eigenvalue weighted by Gasteiger charge is 2.46. The van der Waals surface area contributed by atoms with Gasteiger partial charge in [0.2, 0.25) is 5.75 Å². The van der Waals surface area contributed by atoms with Crippen molar-refractivity contribution in [1.29, 1.82) is 0 Å². The molecule has 0 bridgehead atoms. The number of likely N-dealkylation sites (tertiary alicyclic amines) is 1. The number of carbonyl (C=O) groups is 1. The van der Waals surface area contributed by atoms with Gasteiger partial charge in [0.25, 0.3) is 0 Å². The number of methoxy groups -OCH3 is 1. The van der Waals surface area contributed by atoms with Crippen molar-refractivity contribution in [1.82, 2.24) is 9.97 Å². The van der Waals surface area contributed by atoms with E-state index in [1.165, 1.54) is 18.5 Å². The van der Waals surface area contributed by atoms with E-state index in [9.17, 15) is 9.18 Å². The minimum atomic E-state index is -0.669. The molecule has 2 heterocycles. The van der Waals surface area contributed by atoms with E-state index in [-0.39, 0.29) is 9.67 Å². The summed E-state index contributed by atoms with van der Waals surface area (Å²) in [4.78, 5) is 28.6. The molecule has 4 rings (SSSR count). The van der Waals surface area contributed by atoms with Gasteiger partial charge in [-0.15, -0.1) is 0 Å². The lowest BCUT2D eigenvalue weighted by atomic mass is 10.1. The molecule has 1 fully saturated rings. The van der Waals surface area contributed by atoms with Gasteiger partial charge in [0.1, 0.15) is 42.4 Å². The molecule has 1 amide bonds. The number of carbonyl (C=O) groups excluding carboxylic acids is 1. The standard InChI is InChI=1S/C25H29ClFN4O4/c1-25(2,3)34-24(32)31(10-6-5-7-11-31)35-21-14-17(33-4)13-20-22(21)23(29-15-28-20)30-16-8-9-19(27)18(26)12-16/h8-9,12-15H,5-7,10-11H2,1-4H3,(H,28,29,30)/q+1. The number of amides is 1. The van der Waals surface area contributed by atoms with Crippen molar-refractivity contribution in [3.05, 3.63) is 47.5 Å². The van der Waals surface area contributed by atoms with Crippen LogP contribution in [0.5, 0.6) is 11.5 Å². The van der Waals surface area contributed by atoms with Crippen LogP contribution in [0.1, 0.15) is 40.0 Å². The number of rotatable bonds is 5. The van der Waals surface area contributed by atoms with E-state index in [1.807, 2.05) is 20.8 Å². The van der Waals surface area contributed by atoms with Gasteiger partial charge in [-0.1, -0.05) is 11.6 Å². The van der Waals surface area contributed by atoms with E-state index in [2.05, 4.69) is 15.3 Å². The van der Waals surface area contributed by atoms with E-state index in [0.29, 0.717) is 47.0 Å². The number of anilines is 2. The third kappa shape index (κ3) is 5.57. The molecular weight excluding hydrogens is 475 g/mol. The lowest BCUT2D eigenvalue weighted by molar-refractivity contribution is -1.02. The summed E-state index contributed by atoms with van der Waals surface area (Å²) in [6.07, 6.45) is 3.59. The van der Waals surface area contributed by atoms with Gasteiger partial charge in [-0.2, -0.15) is 4.79 Å². The Hall–Kier alpha value is -3.17. The van der Waals surface area contributed by atoms with Gasteiger partial charge in [0.05, 0.1) is 23.0 Å². The smallest absolute Gasteiger partial charge is 0.497 e. The third-order valence-electron chi connectivity index (χ3n) is 5.63. The molecule has 3 aromatic rings. The molecule has 35 heavy (non-hydrogen) atoms. The molecular formula is C25H29ClFN4O4+. The molecule has 1 aliphatic rings. The predicted molar refractivity (Wildman–Crippen MR) is 131 cm³/mol. The molecule has 1 saturated heterocycles. The lowest BCUT2D eigenvalue weighted by Crippen LogP contribution is -2.59. The minimum absolute atomic E-state index is 0.0192. The van der Waals surface area contributed by atoms with Crippen molar-refractivity contribution < 1.29 is 28.1 Å². The zero-order chi connectivity index (χ0) is 25.2. The summed E-state index contributed by atoms with van der Waals surface area (Å²) in [6.45, 7) is 6.43. The number of piperidine rings is 1. The van der Waals surface area contributed by atoms with Crippen molar-refractivity contribution in [3.63, 3.8) is 0 Å². The Labute approximate surface area is 208 Å². The summed E-state index contributed by atoms with van der Waals surface area (Å²) in [5.41, 5.74) is 0.411. The first-order valence-electron chi connectivity index (χ1n) is 11.5. The number of nitrogens with one attached hydrogen (secondary N) is 1. The molecule has 0 spiro atoms. The molecule has 0 unspecified atom stereocenters. The third-order valence-corrected chi connectivity index (χ3v) is 5.92. The van der Waals surface area contributed by atoms with Crippen LogP contribution in [0.15, 0.2) is 36.7 Å². The second-order valence-corrected chi connectivity index (χ2v) is 9.87. The van der Waals surface area contributed by atoms with E-state index in [0.717, 1.165) is 19.3 Å². The fraction of sp³-hybridized carbons (Fsp3) is 0.400. The van der Waals surface area contributed by atoms with Crippen molar-refractivity contribution >= 4 is 40.1 Å². The average molecular weight is 504 g/mol. The number of fused-ring (bicyclic) bond motifs is 1. The first kappa shape index (κ1) is 24.9. The van der Waals surface area contributed by atoms with Crippen LogP contribution < -0.4 is 14.9 Å². The van der Waals surface area contributed by atoms with Crippen LogP contribution in [-0.2, 0) is 4.74 Å². The summed E-state index contributed by atoms with van der Waals surface area (Å²) < 4.78 is 24.6. The molecule has 0 aliphatic carbocycles. The summed E-state index contributed by atoms with van der Waals surface area (Å²) >= 11 is 5.96. The fourth-order valence-corrected chi connectivity index (χ4v) is 4.17. The number of hydroxylamine groups is 3. The van der Waals surface area contributed by atoms with E-state index in [4.69, 9.17) is 25.9 Å². The second-order valence-electron chi connectivity index (χ2n) is 9.46. The summed E-state index contributed by atoms with van der Waals surface area (Å²) in [6, 6.07) is 7.74. The highest BCUT2D eigenvalue weighted by molar-refractivity contribution is 6.31. The fourth-order valence-electron chi connectivity index (χ4n) is 3.99. The zero-order valence-electron chi connectivity index (χ0n) is 20.2. The molecule has 0 radical (unpaired) electrons. The van der Waals surface area contributed by atoms with Crippen LogP contribution in [0, 0.1) is 5.82 Å². The first-order valence-corrected chi connectivity index (χ1v) is 11.8. The van der Waals surface area contributed by atoms with Gasteiger partial charge in [-0.05, 0) is 50.0 Å². The van der Waals surface area contributed by atoms with Crippen LogP contribution in [0.4, 0.5) is 20.7 Å². The maximum Gasteiger partial charge on any atom is 0.559 e. The number of quaternary nitrogens is 1. The Kier molecular flexibility index (Phi) is 7.00. The van der Waals surface area contributed by atoms with Crippen molar-refractivity contribution in [2.75, 3.05) is 25.5 Å². The first-order chi connectivity index (χ1) is 16.6. The molecule has 1 aliphatic heterocycles. The number of hydrogen-bond acceptors (Lipinski definition) is 7. The van der Waals surface area contributed by atoms with Crippen LogP contribution in [0.2, 0.25) is 5.02 Å². The molecule has 2 aromatic carbocycles. The molecule has 0 saturated carbocycles. The summed E-state index contributed by atoms with van der Waals surface area (Å²) in [5.74, 6) is 0.770. The normalized spacial score (nSPS) is 15.5. The highest BCUT2D eigenvalue weighted by atomic mass is 35.5. The number of benzene rings is 2. The van der Waals surface area contributed by atoms with E-state index >= 15 is 0 Å². The van der Waals surface area contributed by atoms with E-state index < -0.39 is 17.5 Å². The molecule has 0 atom stereocenters. The van der Waals surface area contributed by atoms with Crippen LogP contribution in [-0.4, -0.2) is 46.5 Å².